The molecule has 0 saturated carbocycles. The molecule has 0 aromatic carbocycles. The van der Waals surface area contributed by atoms with Crippen LogP contribution in [0.2, 0.25) is 0 Å². The van der Waals surface area contributed by atoms with Gasteiger partial charge >= 0.3 is 11.9 Å². The van der Waals surface area contributed by atoms with Crippen LogP contribution in [-0.2, 0) is 19.1 Å². The van der Waals surface area contributed by atoms with Gasteiger partial charge in [-0.3, -0.25) is 0 Å². The molecule has 0 saturated heterocycles. The Bertz CT molecular complexity index is 339. The summed E-state index contributed by atoms with van der Waals surface area (Å²) in [6, 6.07) is 0. The molecule has 0 bridgehead atoms. The van der Waals surface area contributed by atoms with Crippen molar-refractivity contribution in [1.82, 2.24) is 0 Å². The lowest BCUT2D eigenvalue weighted by Crippen LogP contribution is -2.11. The van der Waals surface area contributed by atoms with E-state index < -0.39 is 18.0 Å². The lowest BCUT2D eigenvalue weighted by atomic mass is 10.2. The van der Waals surface area contributed by atoms with Crippen LogP contribution in [0.15, 0.2) is 12.2 Å². The number of hydrogen-bond donors (Lipinski definition) is 0. The van der Waals surface area contributed by atoms with Crippen molar-refractivity contribution in [3.8, 4) is 12.3 Å². The fraction of sp³-hybridized carbons (Fsp3) is 0.600. The van der Waals surface area contributed by atoms with Gasteiger partial charge < -0.3 is 9.47 Å². The highest BCUT2D eigenvalue weighted by Crippen LogP contribution is 2.02. The zero-order chi connectivity index (χ0) is 14.5. The Morgan fingerprint density at radius 1 is 1.16 bits per heavy atom. The standard InChI is InChI=1S/C15H22O4/c1-4-6-7-8-9-12-18-14(16)10-11-15(17)19-13(3)5-2/h2,10-11,13H,4,6-9,12H2,1,3H3/b11-10+. The minimum Gasteiger partial charge on any atom is -0.463 e. The molecule has 19 heavy (non-hydrogen) atoms. The molecule has 0 amide bonds. The molecular weight excluding hydrogens is 244 g/mol. The van der Waals surface area contributed by atoms with Crippen LogP contribution in [0.5, 0.6) is 0 Å². The lowest BCUT2D eigenvalue weighted by molar-refractivity contribution is -0.141. The monoisotopic (exact) mass is 266 g/mol. The van der Waals surface area contributed by atoms with E-state index in [4.69, 9.17) is 15.9 Å². The number of hydrogen-bond acceptors (Lipinski definition) is 4. The summed E-state index contributed by atoms with van der Waals surface area (Å²) >= 11 is 0. The quantitative estimate of drug-likeness (QED) is 0.278. The van der Waals surface area contributed by atoms with Crippen molar-refractivity contribution in [1.29, 1.82) is 0 Å². The molecule has 4 heteroatoms. The zero-order valence-electron chi connectivity index (χ0n) is 11.7. The van der Waals surface area contributed by atoms with E-state index in [0.29, 0.717) is 6.61 Å². The Morgan fingerprint density at radius 3 is 2.42 bits per heavy atom. The van der Waals surface area contributed by atoms with Gasteiger partial charge in [-0.05, 0) is 13.3 Å². The van der Waals surface area contributed by atoms with Gasteiger partial charge in [0.1, 0.15) is 0 Å². The van der Waals surface area contributed by atoms with Crippen LogP contribution in [0.1, 0.15) is 46.0 Å². The molecular formula is C15H22O4. The van der Waals surface area contributed by atoms with E-state index in [9.17, 15) is 9.59 Å². The second kappa shape index (κ2) is 11.3. The number of esters is 2. The summed E-state index contributed by atoms with van der Waals surface area (Å²) in [5.74, 6) is 1.06. The van der Waals surface area contributed by atoms with Gasteiger partial charge in [0.2, 0.25) is 0 Å². The van der Waals surface area contributed by atoms with E-state index in [0.717, 1.165) is 31.4 Å². The average Bonchev–Trinajstić information content (AvgIpc) is 2.40. The maximum absolute atomic E-state index is 11.2. The number of carbonyl (C=O) groups excluding carboxylic acids is 2. The number of rotatable bonds is 9. The number of carbonyl (C=O) groups is 2. The van der Waals surface area contributed by atoms with Crippen molar-refractivity contribution in [2.75, 3.05) is 6.61 Å². The molecule has 1 unspecified atom stereocenters. The van der Waals surface area contributed by atoms with Gasteiger partial charge in [-0.2, -0.15) is 0 Å². The van der Waals surface area contributed by atoms with Crippen molar-refractivity contribution < 1.29 is 19.1 Å². The summed E-state index contributed by atoms with van der Waals surface area (Å²) in [5, 5.41) is 0. The molecule has 106 valence electrons. The van der Waals surface area contributed by atoms with Crippen LogP contribution in [-0.4, -0.2) is 24.6 Å². The largest absolute Gasteiger partial charge is 0.463 e. The Kier molecular flexibility index (Phi) is 10.3. The first-order valence-corrected chi connectivity index (χ1v) is 6.61. The lowest BCUT2D eigenvalue weighted by Gasteiger charge is -2.03. The molecule has 0 aliphatic heterocycles. The number of ether oxygens (including phenoxy) is 2. The molecule has 0 aliphatic carbocycles. The molecule has 0 N–H and O–H groups in total. The van der Waals surface area contributed by atoms with Gasteiger partial charge in [-0.25, -0.2) is 9.59 Å². The number of terminal acetylenes is 1. The first-order valence-electron chi connectivity index (χ1n) is 6.61. The summed E-state index contributed by atoms with van der Waals surface area (Å²) in [4.78, 5) is 22.4. The predicted octanol–water partition coefficient (Wildman–Crippen LogP) is 2.62. The van der Waals surface area contributed by atoms with Crippen LogP contribution in [0, 0.1) is 12.3 Å². The third kappa shape index (κ3) is 11.1. The maximum atomic E-state index is 11.2. The second-order valence-corrected chi connectivity index (χ2v) is 4.16. The van der Waals surface area contributed by atoms with Crippen molar-refractivity contribution in [3.63, 3.8) is 0 Å². The van der Waals surface area contributed by atoms with Crippen LogP contribution in [0.3, 0.4) is 0 Å². The van der Waals surface area contributed by atoms with Crippen LogP contribution in [0.4, 0.5) is 0 Å². The molecule has 0 rings (SSSR count). The Labute approximate surface area is 115 Å². The zero-order valence-corrected chi connectivity index (χ0v) is 11.7. The van der Waals surface area contributed by atoms with Gasteiger partial charge in [0.05, 0.1) is 6.61 Å². The molecule has 0 spiro atoms. The van der Waals surface area contributed by atoms with E-state index >= 15 is 0 Å². The SMILES string of the molecule is C#CC(C)OC(=O)/C=C/C(=O)OCCCCCCC. The van der Waals surface area contributed by atoms with Crippen molar-refractivity contribution in [2.45, 2.75) is 52.1 Å². The van der Waals surface area contributed by atoms with E-state index in [1.54, 1.807) is 6.92 Å². The smallest absolute Gasteiger partial charge is 0.332 e. The van der Waals surface area contributed by atoms with Gasteiger partial charge in [0.15, 0.2) is 6.10 Å². The second-order valence-electron chi connectivity index (χ2n) is 4.16. The highest BCUT2D eigenvalue weighted by atomic mass is 16.5. The van der Waals surface area contributed by atoms with E-state index in [-0.39, 0.29) is 0 Å². The Hall–Kier alpha value is -1.76. The Balaban J connectivity index is 3.68. The molecule has 0 aliphatic rings. The topological polar surface area (TPSA) is 52.6 Å². The minimum atomic E-state index is -0.648. The first kappa shape index (κ1) is 17.2. The molecule has 4 nitrogen and oxygen atoms in total. The van der Waals surface area contributed by atoms with Crippen LogP contribution < -0.4 is 0 Å². The molecule has 1 atom stereocenters. The van der Waals surface area contributed by atoms with Gasteiger partial charge in [0, 0.05) is 12.2 Å². The van der Waals surface area contributed by atoms with Crippen LogP contribution >= 0.6 is 0 Å². The predicted molar refractivity (Wildman–Crippen MR) is 73.2 cm³/mol. The molecule has 0 radical (unpaired) electrons. The van der Waals surface area contributed by atoms with Crippen molar-refractivity contribution in [3.05, 3.63) is 12.2 Å². The average molecular weight is 266 g/mol. The maximum Gasteiger partial charge on any atom is 0.332 e. The van der Waals surface area contributed by atoms with Gasteiger partial charge in [-0.1, -0.05) is 38.5 Å². The van der Waals surface area contributed by atoms with Gasteiger partial charge in [-0.15, -0.1) is 6.42 Å². The first-order chi connectivity index (χ1) is 9.10. The fourth-order valence-corrected chi connectivity index (χ4v) is 1.31. The summed E-state index contributed by atoms with van der Waals surface area (Å²) in [6.07, 6.45) is 11.9. The van der Waals surface area contributed by atoms with Crippen LogP contribution in [0.25, 0.3) is 0 Å². The summed E-state index contributed by atoms with van der Waals surface area (Å²) < 4.78 is 9.68. The number of unbranched alkanes of at least 4 members (excludes halogenated alkanes) is 4. The molecule has 0 aromatic rings. The van der Waals surface area contributed by atoms with Crippen molar-refractivity contribution in [2.24, 2.45) is 0 Å². The van der Waals surface area contributed by atoms with E-state index in [1.807, 2.05) is 0 Å². The van der Waals surface area contributed by atoms with Crippen molar-refractivity contribution >= 4 is 11.9 Å². The third-order valence-corrected chi connectivity index (χ3v) is 2.38. The van der Waals surface area contributed by atoms with E-state index in [2.05, 4.69) is 12.8 Å². The summed E-state index contributed by atoms with van der Waals surface area (Å²) in [5.41, 5.74) is 0. The highest BCUT2D eigenvalue weighted by molar-refractivity contribution is 5.91. The minimum absolute atomic E-state index is 0.378. The molecule has 0 fully saturated rings. The fourth-order valence-electron chi connectivity index (χ4n) is 1.31. The highest BCUT2D eigenvalue weighted by Gasteiger charge is 2.04. The molecule has 0 aromatic heterocycles. The summed E-state index contributed by atoms with van der Waals surface area (Å²) in [6.45, 7) is 4.09. The molecule has 0 heterocycles. The Morgan fingerprint density at radius 2 is 1.79 bits per heavy atom. The normalized spacial score (nSPS) is 11.8. The van der Waals surface area contributed by atoms with Gasteiger partial charge in [0.25, 0.3) is 0 Å². The third-order valence-electron chi connectivity index (χ3n) is 2.38. The van der Waals surface area contributed by atoms with E-state index in [1.165, 1.54) is 12.8 Å². The summed E-state index contributed by atoms with van der Waals surface area (Å²) in [7, 11) is 0.